The first-order valence-electron chi connectivity index (χ1n) is 8.30. The lowest BCUT2D eigenvalue weighted by molar-refractivity contribution is 0.0706. The lowest BCUT2D eigenvalue weighted by Gasteiger charge is -2.28. The number of nitrogens with zero attached hydrogens (tertiary/aromatic N) is 5. The molecular weight excluding hydrogens is 354 g/mol. The van der Waals surface area contributed by atoms with E-state index >= 15 is 0 Å². The van der Waals surface area contributed by atoms with Gasteiger partial charge in [0.25, 0.3) is 5.91 Å². The Hall–Kier alpha value is -2.64. The van der Waals surface area contributed by atoms with Gasteiger partial charge in [-0.05, 0) is 18.2 Å². The van der Waals surface area contributed by atoms with Crippen LogP contribution in [0.3, 0.4) is 0 Å². The number of aromatic nitrogens is 4. The summed E-state index contributed by atoms with van der Waals surface area (Å²) in [7, 11) is 1.82. The molecule has 0 bridgehead atoms. The average molecular weight is 372 g/mol. The number of hydrogen-bond acceptors (Lipinski definition) is 4. The molecule has 1 atom stereocenters. The number of carbonyl (C=O) groups excluding carboxylic acids is 1. The molecule has 0 fully saturated rings. The number of imidazole rings is 1. The molecule has 0 radical (unpaired) electrons. The predicted molar refractivity (Wildman–Crippen MR) is 95.7 cm³/mol. The maximum atomic E-state index is 12.8. The second-order valence-electron chi connectivity index (χ2n) is 6.29. The Morgan fingerprint density at radius 3 is 2.85 bits per heavy atom. The van der Waals surface area contributed by atoms with E-state index in [1.54, 1.807) is 46.1 Å². The first-order valence-corrected chi connectivity index (χ1v) is 8.68. The van der Waals surface area contributed by atoms with E-state index in [1.165, 1.54) is 0 Å². The third-order valence-corrected chi connectivity index (χ3v) is 4.92. The Morgan fingerprint density at radius 2 is 2.12 bits per heavy atom. The van der Waals surface area contributed by atoms with Gasteiger partial charge >= 0.3 is 0 Å². The molecule has 8 heteroatoms. The van der Waals surface area contributed by atoms with Crippen LogP contribution in [0.15, 0.2) is 42.7 Å². The topological polar surface area (TPSA) is 76.2 Å². The first kappa shape index (κ1) is 16.8. The van der Waals surface area contributed by atoms with Crippen molar-refractivity contribution in [2.24, 2.45) is 7.05 Å². The monoisotopic (exact) mass is 371 g/mol. The van der Waals surface area contributed by atoms with Crippen LogP contribution in [0.4, 0.5) is 0 Å². The quantitative estimate of drug-likeness (QED) is 0.764. The fourth-order valence-corrected chi connectivity index (χ4v) is 3.39. The highest BCUT2D eigenvalue weighted by Gasteiger charge is 2.27. The van der Waals surface area contributed by atoms with Crippen LogP contribution in [-0.2, 0) is 20.1 Å². The summed E-state index contributed by atoms with van der Waals surface area (Å²) in [6.45, 7) is 1.53. The molecule has 7 nitrogen and oxygen atoms in total. The van der Waals surface area contributed by atoms with Crippen molar-refractivity contribution in [3.8, 4) is 0 Å². The largest absolute Gasteiger partial charge is 0.379 e. The van der Waals surface area contributed by atoms with Crippen LogP contribution < -0.4 is 0 Å². The Bertz CT molecular complexity index is 964. The predicted octanol–water partition coefficient (Wildman–Crippen LogP) is 2.01. The van der Waals surface area contributed by atoms with Gasteiger partial charge in [0.15, 0.2) is 6.10 Å². The van der Waals surface area contributed by atoms with Crippen molar-refractivity contribution in [2.45, 2.75) is 19.2 Å². The second-order valence-corrected chi connectivity index (χ2v) is 6.70. The summed E-state index contributed by atoms with van der Waals surface area (Å²) in [4.78, 5) is 18.7. The van der Waals surface area contributed by atoms with Crippen molar-refractivity contribution < 1.29 is 9.90 Å². The zero-order valence-corrected chi connectivity index (χ0v) is 15.0. The van der Waals surface area contributed by atoms with Crippen molar-refractivity contribution in [3.63, 3.8) is 0 Å². The SMILES string of the molecule is Cn1ccnc1[C@@H](O)c1cc2n(n1)CCN(C(=O)c1ccccc1Cl)C2. The van der Waals surface area contributed by atoms with Crippen molar-refractivity contribution in [1.29, 1.82) is 0 Å². The van der Waals surface area contributed by atoms with Gasteiger partial charge in [-0.2, -0.15) is 5.10 Å². The van der Waals surface area contributed by atoms with E-state index < -0.39 is 6.10 Å². The standard InChI is InChI=1S/C18H18ClN5O2/c1-22-7-6-20-17(22)16(25)15-10-12-11-23(8-9-24(12)21-15)18(26)13-4-2-3-5-14(13)19/h2-7,10,16,25H,8-9,11H2,1H3/t16-/m0/s1. The lowest BCUT2D eigenvalue weighted by atomic mass is 10.1. The van der Waals surface area contributed by atoms with Crippen LogP contribution in [-0.4, -0.2) is 41.8 Å². The minimum absolute atomic E-state index is 0.103. The molecule has 1 aromatic carbocycles. The van der Waals surface area contributed by atoms with E-state index in [0.29, 0.717) is 41.7 Å². The molecule has 4 rings (SSSR count). The summed E-state index contributed by atoms with van der Waals surface area (Å²) >= 11 is 6.15. The van der Waals surface area contributed by atoms with Gasteiger partial charge in [0.2, 0.25) is 0 Å². The summed E-state index contributed by atoms with van der Waals surface area (Å²) in [5.41, 5.74) is 1.90. The Labute approximate surface area is 155 Å². The van der Waals surface area contributed by atoms with E-state index in [4.69, 9.17) is 11.6 Å². The number of rotatable bonds is 3. The molecule has 134 valence electrons. The van der Waals surface area contributed by atoms with Crippen LogP contribution in [0.1, 0.15) is 33.7 Å². The first-order chi connectivity index (χ1) is 12.5. The van der Waals surface area contributed by atoms with Crippen LogP contribution in [0.5, 0.6) is 0 Å². The van der Waals surface area contributed by atoms with Crippen molar-refractivity contribution in [3.05, 3.63) is 70.5 Å². The van der Waals surface area contributed by atoms with Gasteiger partial charge in [-0.25, -0.2) is 4.98 Å². The summed E-state index contributed by atoms with van der Waals surface area (Å²) < 4.78 is 3.59. The van der Waals surface area contributed by atoms with Crippen LogP contribution in [0.25, 0.3) is 0 Å². The number of carbonyl (C=O) groups is 1. The molecule has 3 aromatic rings. The minimum atomic E-state index is -0.902. The Morgan fingerprint density at radius 1 is 1.31 bits per heavy atom. The fourth-order valence-electron chi connectivity index (χ4n) is 3.17. The zero-order valence-electron chi connectivity index (χ0n) is 14.2. The van der Waals surface area contributed by atoms with Crippen molar-refractivity contribution >= 4 is 17.5 Å². The lowest BCUT2D eigenvalue weighted by Crippen LogP contribution is -2.38. The van der Waals surface area contributed by atoms with E-state index in [0.717, 1.165) is 5.69 Å². The normalized spacial score (nSPS) is 15.0. The van der Waals surface area contributed by atoms with Crippen LogP contribution in [0.2, 0.25) is 5.02 Å². The number of aryl methyl sites for hydroxylation is 1. The Kier molecular flexibility index (Phi) is 4.26. The number of benzene rings is 1. The van der Waals surface area contributed by atoms with Crippen molar-refractivity contribution in [1.82, 2.24) is 24.2 Å². The van der Waals surface area contributed by atoms with E-state index in [1.807, 2.05) is 17.8 Å². The molecule has 1 aliphatic rings. The van der Waals surface area contributed by atoms with Gasteiger partial charge in [0.1, 0.15) is 5.82 Å². The molecule has 0 unspecified atom stereocenters. The number of halogens is 1. The number of aliphatic hydroxyl groups excluding tert-OH is 1. The van der Waals surface area contributed by atoms with Gasteiger partial charge in [0.05, 0.1) is 35.1 Å². The molecule has 3 heterocycles. The Balaban J connectivity index is 1.56. The minimum Gasteiger partial charge on any atom is -0.379 e. The maximum Gasteiger partial charge on any atom is 0.255 e. The molecule has 0 saturated carbocycles. The maximum absolute atomic E-state index is 12.8. The zero-order chi connectivity index (χ0) is 18.3. The second kappa shape index (κ2) is 6.59. The molecule has 26 heavy (non-hydrogen) atoms. The smallest absolute Gasteiger partial charge is 0.255 e. The summed E-state index contributed by atoms with van der Waals surface area (Å²) in [5.74, 6) is 0.429. The number of hydrogen-bond donors (Lipinski definition) is 1. The van der Waals surface area contributed by atoms with Gasteiger partial charge in [-0.3, -0.25) is 9.48 Å². The molecule has 0 spiro atoms. The average Bonchev–Trinajstić information content (AvgIpc) is 3.26. The highest BCUT2D eigenvalue weighted by Crippen LogP contribution is 2.24. The van der Waals surface area contributed by atoms with E-state index in [9.17, 15) is 9.90 Å². The van der Waals surface area contributed by atoms with Crippen LogP contribution in [0, 0.1) is 0 Å². The third-order valence-electron chi connectivity index (χ3n) is 4.59. The van der Waals surface area contributed by atoms with Crippen LogP contribution >= 0.6 is 11.6 Å². The van der Waals surface area contributed by atoms with Gasteiger partial charge in [-0.1, -0.05) is 23.7 Å². The van der Waals surface area contributed by atoms with Gasteiger partial charge in [-0.15, -0.1) is 0 Å². The number of amides is 1. The highest BCUT2D eigenvalue weighted by molar-refractivity contribution is 6.33. The molecule has 2 aromatic heterocycles. The number of aliphatic hydroxyl groups is 1. The van der Waals surface area contributed by atoms with E-state index in [-0.39, 0.29) is 5.91 Å². The molecule has 0 aliphatic carbocycles. The third kappa shape index (κ3) is 2.89. The summed E-state index contributed by atoms with van der Waals surface area (Å²) in [6.07, 6.45) is 2.51. The summed E-state index contributed by atoms with van der Waals surface area (Å²) in [6, 6.07) is 8.87. The fraction of sp³-hybridized carbons (Fsp3) is 0.278. The van der Waals surface area contributed by atoms with Crippen molar-refractivity contribution in [2.75, 3.05) is 6.54 Å². The highest BCUT2D eigenvalue weighted by atomic mass is 35.5. The number of fused-ring (bicyclic) bond motifs is 1. The van der Waals surface area contributed by atoms with E-state index in [2.05, 4.69) is 10.1 Å². The molecule has 1 aliphatic heterocycles. The molecular formula is C18H18ClN5O2. The molecule has 1 N–H and O–H groups in total. The summed E-state index contributed by atoms with van der Waals surface area (Å²) in [5, 5.41) is 15.5. The molecule has 0 saturated heterocycles. The molecule has 1 amide bonds. The van der Waals surface area contributed by atoms with Gasteiger partial charge in [0, 0.05) is 26.0 Å². The van der Waals surface area contributed by atoms with Gasteiger partial charge < -0.3 is 14.6 Å².